The van der Waals surface area contributed by atoms with Crippen molar-refractivity contribution in [3.05, 3.63) is 48.6 Å². The maximum Gasteiger partial charge on any atom is 0.193 e. The zero-order chi connectivity index (χ0) is 16.6. The molecule has 0 fully saturated rings. The van der Waals surface area contributed by atoms with Crippen LogP contribution in [0.25, 0.3) is 0 Å². The highest BCUT2D eigenvalue weighted by Gasteiger charge is 2.27. The maximum atomic E-state index is 12.5. The number of carbonyl (C=O) groups excluding carboxylic acids is 1. The van der Waals surface area contributed by atoms with Gasteiger partial charge in [-0.15, -0.1) is 6.58 Å². The number of aryl methyl sites for hydroxylation is 1. The summed E-state index contributed by atoms with van der Waals surface area (Å²) in [6.45, 7) is 12.8. The predicted molar refractivity (Wildman–Crippen MR) is 98.3 cm³/mol. The summed E-state index contributed by atoms with van der Waals surface area (Å²) in [6.07, 6.45) is 3.78. The molecule has 122 valence electrons. The maximum absolute atomic E-state index is 12.5. The van der Waals surface area contributed by atoms with E-state index in [9.17, 15) is 4.79 Å². The number of thioether (sulfide) groups is 1. The summed E-state index contributed by atoms with van der Waals surface area (Å²) < 4.78 is -0.0340. The number of rotatable bonds is 8. The molecule has 0 aliphatic carbocycles. The molecule has 0 radical (unpaired) electrons. The van der Waals surface area contributed by atoms with Crippen LogP contribution in [-0.4, -0.2) is 22.4 Å². The summed E-state index contributed by atoms with van der Waals surface area (Å²) in [5, 5.41) is 3.72. The van der Waals surface area contributed by atoms with Crippen LogP contribution in [0.5, 0.6) is 0 Å². The average molecular weight is 320 g/mol. The van der Waals surface area contributed by atoms with Gasteiger partial charge in [-0.2, -0.15) is 0 Å². The Bertz CT molecular complexity index is 464. The normalized spacial score (nSPS) is 14.4. The van der Waals surface area contributed by atoms with Crippen molar-refractivity contribution in [3.8, 4) is 0 Å². The number of hydrogen-bond acceptors (Lipinski definition) is 3. The first-order valence-corrected chi connectivity index (χ1v) is 8.76. The molecule has 0 heterocycles. The van der Waals surface area contributed by atoms with Crippen LogP contribution < -0.4 is 5.32 Å². The summed E-state index contributed by atoms with van der Waals surface area (Å²) in [5.74, 6) is -0.00659. The van der Waals surface area contributed by atoms with Gasteiger partial charge in [-0.25, -0.2) is 0 Å². The Hall–Kier alpha value is -1.06. The number of hydrogen-bond donors (Lipinski definition) is 1. The van der Waals surface area contributed by atoms with Gasteiger partial charge in [-0.05, 0) is 18.4 Å². The molecule has 0 bridgehead atoms. The standard InChI is InChI=1S/C19H29NOS/c1-6-14-20-17(13-12-16-10-8-7-9-11-16)15(2)18(21)22-19(3,4)5/h6-11,15,17,20H,1,12-14H2,2-5H3/t15-,17-/m1/s1. The molecular formula is C19H29NOS. The molecule has 0 amide bonds. The van der Waals surface area contributed by atoms with Crippen molar-refractivity contribution in [1.29, 1.82) is 0 Å². The summed E-state index contributed by atoms with van der Waals surface area (Å²) in [7, 11) is 0. The van der Waals surface area contributed by atoms with Crippen LogP contribution in [-0.2, 0) is 11.2 Å². The zero-order valence-electron chi connectivity index (χ0n) is 14.3. The lowest BCUT2D eigenvalue weighted by atomic mass is 9.96. The third-order valence-corrected chi connectivity index (χ3v) is 4.68. The molecule has 0 aliphatic rings. The van der Waals surface area contributed by atoms with E-state index in [-0.39, 0.29) is 21.8 Å². The van der Waals surface area contributed by atoms with Gasteiger partial charge < -0.3 is 5.32 Å². The molecule has 0 aromatic heterocycles. The SMILES string of the molecule is C=CCN[C@H](CCc1ccccc1)[C@@H](C)C(=O)SC(C)(C)C. The minimum atomic E-state index is -0.0340. The largest absolute Gasteiger partial charge is 0.310 e. The minimum Gasteiger partial charge on any atom is -0.310 e. The molecule has 0 unspecified atom stereocenters. The van der Waals surface area contributed by atoms with Gasteiger partial charge in [0, 0.05) is 23.3 Å². The van der Waals surface area contributed by atoms with E-state index in [0.29, 0.717) is 0 Å². The lowest BCUT2D eigenvalue weighted by Gasteiger charge is -2.26. The molecule has 1 aromatic carbocycles. The van der Waals surface area contributed by atoms with Gasteiger partial charge in [-0.1, -0.05) is 75.9 Å². The van der Waals surface area contributed by atoms with Crippen molar-refractivity contribution in [2.75, 3.05) is 6.54 Å². The Balaban J connectivity index is 2.65. The second-order valence-corrected chi connectivity index (χ2v) is 8.48. The van der Waals surface area contributed by atoms with Crippen molar-refractivity contribution in [3.63, 3.8) is 0 Å². The van der Waals surface area contributed by atoms with Crippen LogP contribution in [0.2, 0.25) is 0 Å². The molecule has 0 saturated heterocycles. The summed E-state index contributed by atoms with van der Waals surface area (Å²) in [5.41, 5.74) is 1.32. The number of carbonyl (C=O) groups is 1. The summed E-state index contributed by atoms with van der Waals surface area (Å²) >= 11 is 1.44. The highest BCUT2D eigenvalue weighted by Crippen LogP contribution is 2.28. The second-order valence-electron chi connectivity index (χ2n) is 6.65. The number of nitrogens with one attached hydrogen (secondary N) is 1. The van der Waals surface area contributed by atoms with Crippen LogP contribution in [0.3, 0.4) is 0 Å². The Morgan fingerprint density at radius 1 is 1.32 bits per heavy atom. The minimum absolute atomic E-state index is 0.00659. The Kier molecular flexibility index (Phi) is 7.91. The smallest absolute Gasteiger partial charge is 0.193 e. The predicted octanol–water partition coefficient (Wildman–Crippen LogP) is 4.46. The molecule has 0 saturated carbocycles. The molecule has 3 heteroatoms. The third kappa shape index (κ3) is 7.28. The highest BCUT2D eigenvalue weighted by atomic mass is 32.2. The van der Waals surface area contributed by atoms with E-state index in [1.165, 1.54) is 17.3 Å². The fourth-order valence-corrected chi connectivity index (χ4v) is 3.24. The molecule has 2 atom stereocenters. The quantitative estimate of drug-likeness (QED) is 0.717. The van der Waals surface area contributed by atoms with E-state index < -0.39 is 0 Å². The zero-order valence-corrected chi connectivity index (χ0v) is 15.1. The fourth-order valence-electron chi connectivity index (χ4n) is 2.29. The first-order chi connectivity index (χ1) is 10.3. The molecule has 1 N–H and O–H groups in total. The van der Waals surface area contributed by atoms with Gasteiger partial charge in [0.2, 0.25) is 0 Å². The Morgan fingerprint density at radius 3 is 2.50 bits per heavy atom. The van der Waals surface area contributed by atoms with Crippen LogP contribution in [0, 0.1) is 5.92 Å². The van der Waals surface area contributed by atoms with Gasteiger partial charge in [0.05, 0.1) is 0 Å². The van der Waals surface area contributed by atoms with Gasteiger partial charge >= 0.3 is 0 Å². The fraction of sp³-hybridized carbons (Fsp3) is 0.526. The van der Waals surface area contributed by atoms with Crippen molar-refractivity contribution < 1.29 is 4.79 Å². The van der Waals surface area contributed by atoms with E-state index in [1.54, 1.807) is 0 Å². The lowest BCUT2D eigenvalue weighted by Crippen LogP contribution is -2.39. The van der Waals surface area contributed by atoms with E-state index in [1.807, 2.05) is 19.1 Å². The first-order valence-electron chi connectivity index (χ1n) is 7.94. The Labute approximate surface area is 139 Å². The summed E-state index contributed by atoms with van der Waals surface area (Å²) in [4.78, 5) is 12.5. The average Bonchev–Trinajstić information content (AvgIpc) is 2.46. The first kappa shape index (κ1) is 19.0. The van der Waals surface area contributed by atoms with Crippen LogP contribution in [0.1, 0.15) is 39.7 Å². The van der Waals surface area contributed by atoms with E-state index in [0.717, 1.165) is 19.4 Å². The monoisotopic (exact) mass is 319 g/mol. The molecule has 2 nitrogen and oxygen atoms in total. The van der Waals surface area contributed by atoms with Crippen molar-refractivity contribution >= 4 is 16.9 Å². The topological polar surface area (TPSA) is 29.1 Å². The lowest BCUT2D eigenvalue weighted by molar-refractivity contribution is -0.114. The molecular weight excluding hydrogens is 290 g/mol. The van der Waals surface area contributed by atoms with Crippen LogP contribution in [0.15, 0.2) is 43.0 Å². The van der Waals surface area contributed by atoms with Crippen LogP contribution in [0.4, 0.5) is 0 Å². The molecule has 0 spiro atoms. The molecule has 1 aromatic rings. The van der Waals surface area contributed by atoms with Crippen LogP contribution >= 0.6 is 11.8 Å². The molecule has 22 heavy (non-hydrogen) atoms. The van der Waals surface area contributed by atoms with Gasteiger partial charge in [0.1, 0.15) is 0 Å². The van der Waals surface area contributed by atoms with Gasteiger partial charge in [0.15, 0.2) is 5.12 Å². The Morgan fingerprint density at radius 2 is 1.95 bits per heavy atom. The molecule has 1 rings (SSSR count). The van der Waals surface area contributed by atoms with Crippen molar-refractivity contribution in [1.82, 2.24) is 5.32 Å². The van der Waals surface area contributed by atoms with Gasteiger partial charge in [0.25, 0.3) is 0 Å². The highest BCUT2D eigenvalue weighted by molar-refractivity contribution is 8.14. The van der Waals surface area contributed by atoms with Crippen molar-refractivity contribution in [2.45, 2.75) is 51.3 Å². The van der Waals surface area contributed by atoms with E-state index in [2.05, 4.69) is 56.9 Å². The van der Waals surface area contributed by atoms with E-state index >= 15 is 0 Å². The third-order valence-electron chi connectivity index (χ3n) is 3.49. The van der Waals surface area contributed by atoms with Crippen molar-refractivity contribution in [2.24, 2.45) is 5.92 Å². The second kappa shape index (κ2) is 9.16. The number of benzene rings is 1. The van der Waals surface area contributed by atoms with E-state index in [4.69, 9.17) is 0 Å². The van der Waals surface area contributed by atoms with Gasteiger partial charge in [-0.3, -0.25) is 4.79 Å². The molecule has 0 aliphatic heterocycles. The summed E-state index contributed by atoms with van der Waals surface area (Å²) in [6, 6.07) is 10.6.